The summed E-state index contributed by atoms with van der Waals surface area (Å²) >= 11 is 0. The van der Waals surface area contributed by atoms with Crippen molar-refractivity contribution < 1.29 is 34.1 Å². The molecule has 3 N–H and O–H groups in total. The number of Topliss-reactive ketones (excluding diaryl/α,β-unsaturated/α-hetero) is 1. The van der Waals surface area contributed by atoms with Crippen molar-refractivity contribution in [3.05, 3.63) is 23.8 Å². The molecule has 3 fully saturated rings. The van der Waals surface area contributed by atoms with E-state index in [2.05, 4.69) is 0 Å². The van der Waals surface area contributed by atoms with E-state index in [0.29, 0.717) is 31.3 Å². The monoisotopic (exact) mass is 505 g/mol. The molecule has 8 heteroatoms. The van der Waals surface area contributed by atoms with Crippen molar-refractivity contribution in [2.75, 3.05) is 6.61 Å². The molecule has 0 saturated heterocycles. The lowest BCUT2D eigenvalue weighted by molar-refractivity contribution is -0.212. The topological polar surface area (TPSA) is 115 Å². The number of halogens is 1. The molecular formula is C28H40FNO6. The number of nitrogens with zero attached hydrogens (tertiary/aromatic N) is 1. The molecule has 0 radical (unpaired) electrons. The Morgan fingerprint density at radius 3 is 2.44 bits per heavy atom. The van der Waals surface area contributed by atoms with Gasteiger partial charge >= 0.3 is 6.09 Å². The molecule has 0 heterocycles. The van der Waals surface area contributed by atoms with Crippen LogP contribution < -0.4 is 0 Å². The second-order valence-corrected chi connectivity index (χ2v) is 12.5. The third kappa shape index (κ3) is 3.00. The molecule has 200 valence electrons. The van der Waals surface area contributed by atoms with Crippen molar-refractivity contribution in [3.63, 3.8) is 0 Å². The van der Waals surface area contributed by atoms with Crippen LogP contribution in [0.3, 0.4) is 0 Å². The third-order valence-electron chi connectivity index (χ3n) is 10.8. The van der Waals surface area contributed by atoms with Crippen LogP contribution in [0.2, 0.25) is 0 Å². The lowest BCUT2D eigenvalue weighted by Crippen LogP contribution is -2.75. The summed E-state index contributed by atoms with van der Waals surface area (Å²) in [6, 6.07) is 0. The van der Waals surface area contributed by atoms with Gasteiger partial charge in [0.15, 0.2) is 17.2 Å². The number of hydrogen-bond acceptors (Lipinski definition) is 5. The predicted octanol–water partition coefficient (Wildman–Crippen LogP) is 4.07. The minimum absolute atomic E-state index is 0.130. The zero-order valence-electron chi connectivity index (χ0n) is 22.2. The van der Waals surface area contributed by atoms with E-state index >= 15 is 4.39 Å². The van der Waals surface area contributed by atoms with E-state index in [1.54, 1.807) is 26.8 Å². The molecule has 0 bridgehead atoms. The lowest BCUT2D eigenvalue weighted by atomic mass is 9.44. The number of hydrogen-bond donors (Lipinski definition) is 3. The summed E-state index contributed by atoms with van der Waals surface area (Å²) in [6.45, 7) is 9.90. The van der Waals surface area contributed by atoms with Crippen LogP contribution in [0, 0.1) is 28.6 Å². The molecular weight excluding hydrogens is 465 g/mol. The van der Waals surface area contributed by atoms with Crippen molar-refractivity contribution in [2.45, 2.75) is 96.5 Å². The van der Waals surface area contributed by atoms with Crippen LogP contribution in [0.15, 0.2) is 23.8 Å². The highest BCUT2D eigenvalue weighted by Gasteiger charge is 2.78. The molecule has 7 nitrogen and oxygen atoms in total. The van der Waals surface area contributed by atoms with E-state index in [1.165, 1.54) is 17.1 Å². The van der Waals surface area contributed by atoms with E-state index in [-0.39, 0.29) is 12.2 Å². The van der Waals surface area contributed by atoms with Gasteiger partial charge < -0.3 is 15.3 Å². The van der Waals surface area contributed by atoms with Gasteiger partial charge in [-0.2, -0.15) is 0 Å². The zero-order valence-corrected chi connectivity index (χ0v) is 22.2. The number of carboxylic acid groups (broad SMARTS) is 1. The molecule has 3 saturated carbocycles. The number of carbonyl (C=O) groups is 3. The molecule has 0 aliphatic heterocycles. The van der Waals surface area contributed by atoms with Gasteiger partial charge in [-0.05, 0) is 76.9 Å². The van der Waals surface area contributed by atoms with Gasteiger partial charge in [0.05, 0.1) is 6.10 Å². The van der Waals surface area contributed by atoms with E-state index in [0.717, 1.165) is 0 Å². The highest BCUT2D eigenvalue weighted by Crippen LogP contribution is 2.72. The summed E-state index contributed by atoms with van der Waals surface area (Å²) in [5.74, 6) is -2.36. The second kappa shape index (κ2) is 8.22. The van der Waals surface area contributed by atoms with Crippen LogP contribution in [-0.2, 0) is 9.59 Å². The fourth-order valence-electron chi connectivity index (χ4n) is 8.91. The molecule has 0 aromatic carbocycles. The Labute approximate surface area is 212 Å². The van der Waals surface area contributed by atoms with Crippen LogP contribution in [0.4, 0.5) is 9.18 Å². The Balaban J connectivity index is 1.94. The molecule has 3 unspecified atom stereocenters. The largest absolute Gasteiger partial charge is 0.465 e. The first-order valence-electron chi connectivity index (χ1n) is 13.1. The van der Waals surface area contributed by atoms with Gasteiger partial charge in [0.25, 0.3) is 0 Å². The Hall–Kier alpha value is -2.06. The molecule has 0 aromatic heterocycles. The number of carbonyl (C=O) groups excluding carboxylic acids is 2. The average molecular weight is 506 g/mol. The summed E-state index contributed by atoms with van der Waals surface area (Å²) < 4.78 is 17.5. The molecule has 8 atom stereocenters. The fraction of sp³-hybridized carbons (Fsp3) is 0.750. The van der Waals surface area contributed by atoms with Crippen molar-refractivity contribution in [2.24, 2.45) is 28.6 Å². The maximum absolute atomic E-state index is 17.5. The van der Waals surface area contributed by atoms with Gasteiger partial charge in [-0.1, -0.05) is 32.4 Å². The van der Waals surface area contributed by atoms with Crippen LogP contribution in [-0.4, -0.2) is 67.3 Å². The van der Waals surface area contributed by atoms with Crippen LogP contribution >= 0.6 is 0 Å². The van der Waals surface area contributed by atoms with Crippen molar-refractivity contribution in [1.82, 2.24) is 4.90 Å². The average Bonchev–Trinajstić information content (AvgIpc) is 3.02. The first kappa shape index (κ1) is 27.0. The number of alkyl halides is 1. The van der Waals surface area contributed by atoms with Gasteiger partial charge in [-0.15, -0.1) is 0 Å². The SMILES string of the molecule is CCC(C)(C)N(C(=O)O)[C@@]1(C(=O)CO)[C@@H](C)CC2C3CCC4=CC(=O)C=C[C@]4(C)C3(F)[C@@H](O)C[C@@]21C. The second-order valence-electron chi connectivity index (χ2n) is 12.5. The van der Waals surface area contributed by atoms with Crippen molar-refractivity contribution in [3.8, 4) is 0 Å². The van der Waals surface area contributed by atoms with Gasteiger partial charge in [0.2, 0.25) is 0 Å². The Morgan fingerprint density at radius 2 is 1.89 bits per heavy atom. The van der Waals surface area contributed by atoms with Crippen molar-refractivity contribution in [1.29, 1.82) is 0 Å². The number of fused-ring (bicyclic) bond motifs is 5. The van der Waals surface area contributed by atoms with Gasteiger partial charge in [0, 0.05) is 22.3 Å². The quantitative estimate of drug-likeness (QED) is 0.519. The summed E-state index contributed by atoms with van der Waals surface area (Å²) in [4.78, 5) is 40.0. The molecule has 4 rings (SSSR count). The number of rotatable bonds is 5. The standard InChI is InChI=1S/C28H40FNO6/c1-7-24(3,4)30(23(35)36)28(22(34)15-31)16(2)12-20-19-9-8-17-13-18(32)10-11-25(17,5)27(19,29)21(33)14-26(20,28)6/h10-11,13,16,19-21,31,33H,7-9,12,14-15H2,1-6H3,(H,35,36)/t16-,19?,20?,21-,25-,26-,27?,28+/m0/s1. The van der Waals surface area contributed by atoms with E-state index in [4.69, 9.17) is 0 Å². The first-order chi connectivity index (χ1) is 16.6. The van der Waals surface area contributed by atoms with Crippen LogP contribution in [0.25, 0.3) is 0 Å². The highest BCUT2D eigenvalue weighted by atomic mass is 19.1. The number of amides is 1. The summed E-state index contributed by atoms with van der Waals surface area (Å²) in [6.07, 6.45) is 3.23. The Bertz CT molecular complexity index is 1050. The maximum atomic E-state index is 17.5. The smallest absolute Gasteiger partial charge is 0.408 e. The Kier molecular flexibility index (Phi) is 6.16. The van der Waals surface area contributed by atoms with Gasteiger partial charge in [-0.3, -0.25) is 14.5 Å². The third-order valence-corrected chi connectivity index (χ3v) is 10.8. The number of aliphatic hydroxyl groups excluding tert-OH is 2. The Morgan fingerprint density at radius 1 is 1.25 bits per heavy atom. The van der Waals surface area contributed by atoms with E-state index in [9.17, 15) is 29.7 Å². The van der Waals surface area contributed by atoms with Gasteiger partial charge in [-0.25, -0.2) is 9.18 Å². The maximum Gasteiger partial charge on any atom is 0.408 e. The normalized spacial score (nSPS) is 43.8. The number of aliphatic hydroxyl groups is 2. The predicted molar refractivity (Wildman–Crippen MR) is 132 cm³/mol. The van der Waals surface area contributed by atoms with Gasteiger partial charge in [0.1, 0.15) is 12.1 Å². The molecule has 0 spiro atoms. The first-order valence-corrected chi connectivity index (χ1v) is 13.1. The molecule has 4 aliphatic rings. The molecule has 4 aliphatic carbocycles. The van der Waals surface area contributed by atoms with E-state index in [1.807, 2.05) is 20.8 Å². The minimum Gasteiger partial charge on any atom is -0.465 e. The molecule has 0 aromatic rings. The van der Waals surface area contributed by atoms with Crippen molar-refractivity contribution >= 4 is 17.7 Å². The summed E-state index contributed by atoms with van der Waals surface area (Å²) in [5, 5.41) is 32.3. The number of allylic oxidation sites excluding steroid dienone is 4. The van der Waals surface area contributed by atoms with Crippen LogP contribution in [0.1, 0.15) is 73.6 Å². The molecule has 36 heavy (non-hydrogen) atoms. The highest BCUT2D eigenvalue weighted by molar-refractivity contribution is 6.01. The number of ketones is 2. The summed E-state index contributed by atoms with van der Waals surface area (Å²) in [5.41, 5.74) is -6.27. The zero-order chi connectivity index (χ0) is 27.1. The lowest BCUT2D eigenvalue weighted by Gasteiger charge is -2.65. The van der Waals surface area contributed by atoms with Crippen LogP contribution in [0.5, 0.6) is 0 Å². The fourth-order valence-corrected chi connectivity index (χ4v) is 8.91. The summed E-state index contributed by atoms with van der Waals surface area (Å²) in [7, 11) is 0. The van der Waals surface area contributed by atoms with E-state index < -0.39 is 69.9 Å². The molecule has 1 amide bonds. The minimum atomic E-state index is -2.08.